The van der Waals surface area contributed by atoms with E-state index in [4.69, 9.17) is 11.6 Å². The summed E-state index contributed by atoms with van der Waals surface area (Å²) in [7, 11) is 0. The van der Waals surface area contributed by atoms with E-state index < -0.39 is 0 Å². The molecule has 0 radical (unpaired) electrons. The number of aromatic hydroxyl groups is 1. The summed E-state index contributed by atoms with van der Waals surface area (Å²) in [5, 5.41) is 23.2. The van der Waals surface area contributed by atoms with E-state index in [2.05, 4.69) is 10.3 Å². The number of nitriles is 1. The molecule has 0 saturated heterocycles. The first-order valence-corrected chi connectivity index (χ1v) is 9.71. The average molecular weight is 423 g/mol. The first-order valence-electron chi connectivity index (χ1n) is 9.33. The molecule has 0 bridgehead atoms. The standard InChI is InChI=1S/C21H19ClN6O2/c1-14-4-2-3-5-17(14)25-20(24-13-23)26-10-11-27-18(12-26)19(29)28(21(27)30)16-8-6-15(22)7-9-16/h2-9,29H,10-12H2,1H3,(H,24,25). The highest BCUT2D eigenvalue weighted by atomic mass is 35.5. The first kappa shape index (κ1) is 19.6. The number of hydrogen-bond donors (Lipinski definition) is 2. The van der Waals surface area contributed by atoms with Crippen LogP contribution >= 0.6 is 11.6 Å². The summed E-state index contributed by atoms with van der Waals surface area (Å²) in [6, 6.07) is 14.3. The van der Waals surface area contributed by atoms with Gasteiger partial charge in [-0.25, -0.2) is 14.4 Å². The monoisotopic (exact) mass is 422 g/mol. The van der Waals surface area contributed by atoms with Gasteiger partial charge in [0.1, 0.15) is 5.69 Å². The number of imidazole rings is 1. The summed E-state index contributed by atoms with van der Waals surface area (Å²) in [5.41, 5.74) is 2.37. The minimum atomic E-state index is -0.324. The van der Waals surface area contributed by atoms with Crippen LogP contribution in [0.15, 0.2) is 58.3 Å². The molecule has 2 N–H and O–H groups in total. The van der Waals surface area contributed by atoms with Gasteiger partial charge in [0.25, 0.3) is 0 Å². The lowest BCUT2D eigenvalue weighted by Crippen LogP contribution is -2.45. The second-order valence-electron chi connectivity index (χ2n) is 6.90. The quantitative estimate of drug-likeness (QED) is 0.286. The highest BCUT2D eigenvalue weighted by Crippen LogP contribution is 2.26. The van der Waals surface area contributed by atoms with E-state index in [-0.39, 0.29) is 18.1 Å². The van der Waals surface area contributed by atoms with Crippen molar-refractivity contribution < 1.29 is 5.11 Å². The molecule has 0 unspecified atom stereocenters. The summed E-state index contributed by atoms with van der Waals surface area (Å²) >= 11 is 5.93. The van der Waals surface area contributed by atoms with Crippen molar-refractivity contribution in [2.24, 2.45) is 4.99 Å². The van der Waals surface area contributed by atoms with Crippen molar-refractivity contribution in [2.75, 3.05) is 6.54 Å². The van der Waals surface area contributed by atoms with E-state index in [0.29, 0.717) is 35.5 Å². The van der Waals surface area contributed by atoms with Gasteiger partial charge in [-0.05, 0) is 42.8 Å². The van der Waals surface area contributed by atoms with Crippen LogP contribution in [0.25, 0.3) is 5.69 Å². The third-order valence-corrected chi connectivity index (χ3v) is 5.30. The molecule has 1 aliphatic rings. The van der Waals surface area contributed by atoms with Crippen LogP contribution in [-0.4, -0.2) is 31.6 Å². The minimum absolute atomic E-state index is 0.140. The molecule has 152 valence electrons. The second kappa shape index (κ2) is 7.97. The van der Waals surface area contributed by atoms with Gasteiger partial charge in [-0.2, -0.15) is 5.26 Å². The van der Waals surface area contributed by atoms with Crippen LogP contribution in [0.1, 0.15) is 11.3 Å². The lowest BCUT2D eigenvalue weighted by atomic mass is 10.2. The number of nitrogens with zero attached hydrogens (tertiary/aromatic N) is 5. The summed E-state index contributed by atoms with van der Waals surface area (Å²) < 4.78 is 2.79. The molecule has 0 atom stereocenters. The van der Waals surface area contributed by atoms with Crippen molar-refractivity contribution in [3.8, 4) is 17.8 Å². The minimum Gasteiger partial charge on any atom is -0.493 e. The maximum atomic E-state index is 12.9. The summed E-state index contributed by atoms with van der Waals surface area (Å²) in [4.78, 5) is 19.3. The predicted molar refractivity (Wildman–Crippen MR) is 114 cm³/mol. The van der Waals surface area contributed by atoms with Gasteiger partial charge in [0.15, 0.2) is 6.19 Å². The van der Waals surface area contributed by atoms with E-state index in [1.54, 1.807) is 24.3 Å². The molecule has 3 aromatic rings. The number of hydrogen-bond acceptors (Lipinski definition) is 4. The highest BCUT2D eigenvalue weighted by molar-refractivity contribution is 6.30. The number of guanidine groups is 1. The molecule has 9 heteroatoms. The zero-order chi connectivity index (χ0) is 21.3. The van der Waals surface area contributed by atoms with Gasteiger partial charge in [0, 0.05) is 18.1 Å². The Bertz CT molecular complexity index is 1220. The van der Waals surface area contributed by atoms with Crippen molar-refractivity contribution in [3.05, 3.63) is 75.3 Å². The van der Waals surface area contributed by atoms with Gasteiger partial charge in [-0.3, -0.25) is 9.88 Å². The zero-order valence-electron chi connectivity index (χ0n) is 16.2. The maximum Gasteiger partial charge on any atom is 0.336 e. The van der Waals surface area contributed by atoms with Crippen LogP contribution in [0.2, 0.25) is 5.02 Å². The SMILES string of the molecule is Cc1ccccc1N=C(NC#N)N1CCn2c(c(O)n(-c3ccc(Cl)cc3)c2=O)C1. The van der Waals surface area contributed by atoms with Crippen molar-refractivity contribution in [1.82, 2.24) is 19.4 Å². The molecule has 0 spiro atoms. The smallest absolute Gasteiger partial charge is 0.336 e. The summed E-state index contributed by atoms with van der Waals surface area (Å²) in [6.07, 6.45) is 1.92. The Kier molecular flexibility index (Phi) is 5.21. The molecule has 0 amide bonds. The van der Waals surface area contributed by atoms with Crippen LogP contribution in [-0.2, 0) is 13.1 Å². The third-order valence-electron chi connectivity index (χ3n) is 5.05. The molecular formula is C21H19ClN6O2. The number of nitrogens with one attached hydrogen (secondary N) is 1. The number of aryl methyl sites for hydroxylation is 1. The number of aromatic nitrogens is 2. The Balaban J connectivity index is 1.71. The fourth-order valence-corrected chi connectivity index (χ4v) is 3.60. The van der Waals surface area contributed by atoms with Crippen LogP contribution in [0.4, 0.5) is 5.69 Å². The van der Waals surface area contributed by atoms with Crippen molar-refractivity contribution in [3.63, 3.8) is 0 Å². The molecule has 8 nitrogen and oxygen atoms in total. The summed E-state index contributed by atoms with van der Waals surface area (Å²) in [5.74, 6) is 0.225. The van der Waals surface area contributed by atoms with E-state index in [1.807, 2.05) is 42.3 Å². The van der Waals surface area contributed by atoms with Gasteiger partial charge in [-0.1, -0.05) is 29.8 Å². The van der Waals surface area contributed by atoms with Crippen molar-refractivity contribution >= 4 is 23.2 Å². The Hall–Kier alpha value is -3.70. The van der Waals surface area contributed by atoms with Gasteiger partial charge < -0.3 is 10.0 Å². The topological polar surface area (TPSA) is 98.6 Å². The van der Waals surface area contributed by atoms with E-state index in [9.17, 15) is 15.2 Å². The molecule has 4 rings (SSSR count). The number of para-hydroxylation sites is 1. The lowest BCUT2D eigenvalue weighted by Gasteiger charge is -2.29. The van der Waals surface area contributed by atoms with Crippen LogP contribution in [0, 0.1) is 18.4 Å². The van der Waals surface area contributed by atoms with Gasteiger partial charge in [0.2, 0.25) is 11.8 Å². The normalized spacial score (nSPS) is 13.6. The van der Waals surface area contributed by atoms with E-state index >= 15 is 0 Å². The van der Waals surface area contributed by atoms with E-state index in [1.165, 1.54) is 9.13 Å². The summed E-state index contributed by atoms with van der Waals surface area (Å²) in [6.45, 7) is 2.97. The number of benzene rings is 2. The molecule has 0 saturated carbocycles. The zero-order valence-corrected chi connectivity index (χ0v) is 17.0. The fourth-order valence-electron chi connectivity index (χ4n) is 3.48. The number of rotatable bonds is 2. The number of halogens is 1. The second-order valence-corrected chi connectivity index (χ2v) is 7.33. The van der Waals surface area contributed by atoms with Gasteiger partial charge >= 0.3 is 5.69 Å². The maximum absolute atomic E-state index is 12.9. The van der Waals surface area contributed by atoms with Crippen LogP contribution in [0.5, 0.6) is 5.88 Å². The fraction of sp³-hybridized carbons (Fsp3) is 0.190. The Morgan fingerprint density at radius 3 is 2.63 bits per heavy atom. The Morgan fingerprint density at radius 1 is 1.20 bits per heavy atom. The molecule has 1 aliphatic heterocycles. The van der Waals surface area contributed by atoms with Gasteiger partial charge in [-0.15, -0.1) is 0 Å². The first-order chi connectivity index (χ1) is 14.5. The lowest BCUT2D eigenvalue weighted by molar-refractivity contribution is 0.316. The molecule has 2 heterocycles. The molecule has 1 aromatic heterocycles. The predicted octanol–water partition coefficient (Wildman–Crippen LogP) is 2.88. The number of fused-ring (bicyclic) bond motifs is 1. The molecule has 0 aliphatic carbocycles. The Morgan fingerprint density at radius 2 is 1.93 bits per heavy atom. The van der Waals surface area contributed by atoms with Crippen LogP contribution < -0.4 is 11.0 Å². The van der Waals surface area contributed by atoms with Crippen molar-refractivity contribution in [2.45, 2.75) is 20.0 Å². The Labute approximate surface area is 177 Å². The van der Waals surface area contributed by atoms with E-state index in [0.717, 1.165) is 11.3 Å². The van der Waals surface area contributed by atoms with Crippen molar-refractivity contribution in [1.29, 1.82) is 5.26 Å². The number of aliphatic imine (C=N–C) groups is 1. The molecular weight excluding hydrogens is 404 g/mol. The van der Waals surface area contributed by atoms with Gasteiger partial charge in [0.05, 0.1) is 17.9 Å². The molecule has 2 aromatic carbocycles. The molecule has 30 heavy (non-hydrogen) atoms. The highest BCUT2D eigenvalue weighted by Gasteiger charge is 2.28. The average Bonchev–Trinajstić information content (AvgIpc) is 3.00. The molecule has 0 fully saturated rings. The third kappa shape index (κ3) is 3.51. The van der Waals surface area contributed by atoms with Crippen LogP contribution in [0.3, 0.4) is 0 Å². The largest absolute Gasteiger partial charge is 0.493 e.